The first kappa shape index (κ1) is 12.9. The number of hydrogen-bond donors (Lipinski definition) is 3. The van der Waals surface area contributed by atoms with Gasteiger partial charge in [0.1, 0.15) is 17.3 Å². The molecule has 0 aliphatic heterocycles. The number of carbonyl (C=O) groups excluding carboxylic acids is 1. The molecule has 2 aromatic carbocycles. The van der Waals surface area contributed by atoms with E-state index in [0.717, 1.165) is 11.6 Å². The number of benzene rings is 2. The maximum Gasteiger partial charge on any atom is 0.258 e. The summed E-state index contributed by atoms with van der Waals surface area (Å²) in [5.74, 6) is -1.87. The van der Waals surface area contributed by atoms with Crippen molar-refractivity contribution in [1.82, 2.24) is 0 Å². The Morgan fingerprint density at radius 3 is 2.53 bits per heavy atom. The van der Waals surface area contributed by atoms with Crippen LogP contribution >= 0.6 is 0 Å². The predicted molar refractivity (Wildman–Crippen MR) is 68.9 cm³/mol. The van der Waals surface area contributed by atoms with Gasteiger partial charge in [-0.2, -0.15) is 0 Å². The molecular weight excluding hydrogens is 249 g/mol. The largest absolute Gasteiger partial charge is 0.508 e. The van der Waals surface area contributed by atoms with Crippen molar-refractivity contribution in [3.63, 3.8) is 0 Å². The van der Waals surface area contributed by atoms with Gasteiger partial charge in [0.2, 0.25) is 0 Å². The Hall–Kier alpha value is -2.56. The summed E-state index contributed by atoms with van der Waals surface area (Å²) in [6.07, 6.45) is 0. The van der Waals surface area contributed by atoms with E-state index in [9.17, 15) is 14.3 Å². The molecule has 19 heavy (non-hydrogen) atoms. The lowest BCUT2D eigenvalue weighted by atomic mass is 10.1. The van der Waals surface area contributed by atoms with Crippen molar-refractivity contribution in [2.75, 3.05) is 5.32 Å². The highest BCUT2D eigenvalue weighted by atomic mass is 19.1. The second kappa shape index (κ2) is 4.97. The van der Waals surface area contributed by atoms with Gasteiger partial charge in [-0.05, 0) is 36.8 Å². The number of aryl methyl sites for hydroxylation is 1. The van der Waals surface area contributed by atoms with Crippen molar-refractivity contribution < 1.29 is 19.4 Å². The molecule has 4 nitrogen and oxygen atoms in total. The van der Waals surface area contributed by atoms with Gasteiger partial charge in [-0.25, -0.2) is 4.39 Å². The summed E-state index contributed by atoms with van der Waals surface area (Å²) < 4.78 is 13.5. The van der Waals surface area contributed by atoms with Gasteiger partial charge in [0.25, 0.3) is 5.91 Å². The number of rotatable bonds is 2. The number of anilines is 1. The number of hydrogen-bond acceptors (Lipinski definition) is 3. The van der Waals surface area contributed by atoms with Crippen LogP contribution in [-0.4, -0.2) is 16.1 Å². The number of phenolic OH excluding ortho intramolecular Hbond substituents is 2. The van der Waals surface area contributed by atoms with Crippen LogP contribution in [0.2, 0.25) is 0 Å². The van der Waals surface area contributed by atoms with Crippen LogP contribution in [0.5, 0.6) is 11.5 Å². The molecule has 0 heterocycles. The van der Waals surface area contributed by atoms with Crippen molar-refractivity contribution >= 4 is 11.6 Å². The van der Waals surface area contributed by atoms with E-state index >= 15 is 0 Å². The van der Waals surface area contributed by atoms with Gasteiger partial charge < -0.3 is 15.5 Å². The first-order valence-corrected chi connectivity index (χ1v) is 5.57. The van der Waals surface area contributed by atoms with Gasteiger partial charge in [-0.15, -0.1) is 0 Å². The Bertz CT molecular complexity index is 641. The van der Waals surface area contributed by atoms with Crippen LogP contribution < -0.4 is 5.32 Å². The van der Waals surface area contributed by atoms with Crippen molar-refractivity contribution in [2.24, 2.45) is 0 Å². The Kier molecular flexibility index (Phi) is 3.37. The van der Waals surface area contributed by atoms with Crippen molar-refractivity contribution in [1.29, 1.82) is 0 Å². The Morgan fingerprint density at radius 1 is 1.16 bits per heavy atom. The lowest BCUT2D eigenvalue weighted by Gasteiger charge is -2.08. The van der Waals surface area contributed by atoms with Crippen molar-refractivity contribution in [3.05, 3.63) is 53.3 Å². The second-order valence-electron chi connectivity index (χ2n) is 4.14. The number of nitrogens with one attached hydrogen (secondary N) is 1. The molecule has 0 aliphatic carbocycles. The molecule has 2 rings (SSSR count). The average molecular weight is 261 g/mol. The molecule has 0 saturated heterocycles. The molecule has 0 aliphatic rings. The molecule has 1 amide bonds. The Morgan fingerprint density at radius 2 is 1.89 bits per heavy atom. The fraction of sp³-hybridized carbons (Fsp3) is 0.0714. The third-order valence-electron chi connectivity index (χ3n) is 2.60. The summed E-state index contributed by atoms with van der Waals surface area (Å²) in [6, 6.07) is 7.97. The SMILES string of the molecule is Cc1ccc(NC(=O)c2ccc(O)cc2F)c(O)c1. The summed E-state index contributed by atoms with van der Waals surface area (Å²) in [6.45, 7) is 1.80. The van der Waals surface area contributed by atoms with Crippen LogP contribution in [-0.2, 0) is 0 Å². The zero-order chi connectivity index (χ0) is 14.0. The normalized spacial score (nSPS) is 10.2. The maximum absolute atomic E-state index is 13.5. The molecule has 98 valence electrons. The zero-order valence-electron chi connectivity index (χ0n) is 10.1. The molecule has 0 atom stereocenters. The molecule has 0 unspecified atom stereocenters. The fourth-order valence-corrected chi connectivity index (χ4v) is 1.63. The monoisotopic (exact) mass is 261 g/mol. The molecule has 0 aromatic heterocycles. The van der Waals surface area contributed by atoms with Crippen LogP contribution in [0.3, 0.4) is 0 Å². The lowest BCUT2D eigenvalue weighted by Crippen LogP contribution is -2.13. The van der Waals surface area contributed by atoms with E-state index in [-0.39, 0.29) is 22.7 Å². The first-order valence-electron chi connectivity index (χ1n) is 5.57. The molecule has 0 saturated carbocycles. The highest BCUT2D eigenvalue weighted by Crippen LogP contribution is 2.25. The van der Waals surface area contributed by atoms with E-state index in [1.807, 2.05) is 0 Å². The average Bonchev–Trinajstić information content (AvgIpc) is 2.32. The predicted octanol–water partition coefficient (Wildman–Crippen LogP) is 2.80. The molecule has 2 aromatic rings. The second-order valence-corrected chi connectivity index (χ2v) is 4.14. The van der Waals surface area contributed by atoms with Crippen LogP contribution in [0.4, 0.5) is 10.1 Å². The third kappa shape index (κ3) is 2.82. The summed E-state index contributed by atoms with van der Waals surface area (Å²) in [7, 11) is 0. The summed E-state index contributed by atoms with van der Waals surface area (Å²) in [4.78, 5) is 11.8. The fourth-order valence-electron chi connectivity index (χ4n) is 1.63. The van der Waals surface area contributed by atoms with Gasteiger partial charge in [0, 0.05) is 6.07 Å². The zero-order valence-corrected chi connectivity index (χ0v) is 10.1. The first-order chi connectivity index (χ1) is 8.97. The van der Waals surface area contributed by atoms with Gasteiger partial charge in [-0.3, -0.25) is 4.79 Å². The highest BCUT2D eigenvalue weighted by Gasteiger charge is 2.13. The van der Waals surface area contributed by atoms with Gasteiger partial charge in [-0.1, -0.05) is 6.07 Å². The van der Waals surface area contributed by atoms with E-state index in [1.54, 1.807) is 13.0 Å². The van der Waals surface area contributed by atoms with Crippen molar-refractivity contribution in [3.8, 4) is 11.5 Å². The molecule has 0 radical (unpaired) electrons. The minimum absolute atomic E-state index is 0.0902. The number of amides is 1. The van der Waals surface area contributed by atoms with E-state index in [1.165, 1.54) is 24.3 Å². The molecule has 0 spiro atoms. The Balaban J connectivity index is 2.25. The number of halogens is 1. The highest BCUT2D eigenvalue weighted by molar-refractivity contribution is 6.05. The topological polar surface area (TPSA) is 69.6 Å². The molecular formula is C14H12FNO3. The number of phenols is 2. The van der Waals surface area contributed by atoms with Crippen LogP contribution in [0.25, 0.3) is 0 Å². The molecule has 0 bridgehead atoms. The van der Waals surface area contributed by atoms with E-state index in [4.69, 9.17) is 5.11 Å². The van der Waals surface area contributed by atoms with E-state index in [0.29, 0.717) is 0 Å². The van der Waals surface area contributed by atoms with Crippen molar-refractivity contribution in [2.45, 2.75) is 6.92 Å². The van der Waals surface area contributed by atoms with Gasteiger partial charge in [0.15, 0.2) is 0 Å². The summed E-state index contributed by atoms with van der Waals surface area (Å²) >= 11 is 0. The third-order valence-corrected chi connectivity index (χ3v) is 2.60. The minimum Gasteiger partial charge on any atom is -0.508 e. The standard InChI is InChI=1S/C14H12FNO3/c1-8-2-5-12(13(18)6-8)16-14(19)10-4-3-9(17)7-11(10)15/h2-7,17-18H,1H3,(H,16,19). The van der Waals surface area contributed by atoms with Gasteiger partial charge in [0.05, 0.1) is 11.3 Å². The lowest BCUT2D eigenvalue weighted by molar-refractivity contribution is 0.102. The molecule has 0 fully saturated rings. The molecule has 5 heteroatoms. The molecule has 3 N–H and O–H groups in total. The quantitative estimate of drug-likeness (QED) is 0.728. The smallest absolute Gasteiger partial charge is 0.258 e. The maximum atomic E-state index is 13.5. The van der Waals surface area contributed by atoms with E-state index in [2.05, 4.69) is 5.32 Å². The number of aromatic hydroxyl groups is 2. The van der Waals surface area contributed by atoms with Crippen LogP contribution in [0, 0.1) is 12.7 Å². The van der Waals surface area contributed by atoms with E-state index < -0.39 is 11.7 Å². The van der Waals surface area contributed by atoms with Crippen LogP contribution in [0.1, 0.15) is 15.9 Å². The minimum atomic E-state index is -0.830. The van der Waals surface area contributed by atoms with Gasteiger partial charge >= 0.3 is 0 Å². The Labute approximate surface area is 109 Å². The summed E-state index contributed by atoms with van der Waals surface area (Å²) in [5.41, 5.74) is 0.826. The van der Waals surface area contributed by atoms with Crippen LogP contribution in [0.15, 0.2) is 36.4 Å². The number of carbonyl (C=O) groups is 1. The summed E-state index contributed by atoms with van der Waals surface area (Å²) in [5, 5.41) is 21.1.